The smallest absolute Gasteiger partial charge is 0.396 e. The summed E-state index contributed by atoms with van der Waals surface area (Å²) in [5, 5.41) is 19.4. The minimum atomic E-state index is -1.61. The van der Waals surface area contributed by atoms with Gasteiger partial charge in [-0.15, -0.1) is 0 Å². The van der Waals surface area contributed by atoms with Crippen LogP contribution in [0.15, 0.2) is 21.3 Å². The molecule has 1 aromatic carbocycles. The Kier molecular flexibility index (Phi) is 3.35. The van der Waals surface area contributed by atoms with Gasteiger partial charge in [0.15, 0.2) is 6.10 Å². The molecular formula is C11H10O6S. The maximum absolute atomic E-state index is 11.4. The highest BCUT2D eigenvalue weighted by atomic mass is 32.1. The van der Waals surface area contributed by atoms with Crippen LogP contribution in [0.2, 0.25) is 0 Å². The summed E-state index contributed by atoms with van der Waals surface area (Å²) in [5.74, 6) is -1.16. The van der Waals surface area contributed by atoms with Gasteiger partial charge in [0.25, 0.3) is 0 Å². The summed E-state index contributed by atoms with van der Waals surface area (Å²) >= 11 is 0.825. The number of rotatable bonds is 3. The Morgan fingerprint density at radius 1 is 1.56 bits per heavy atom. The highest BCUT2D eigenvalue weighted by molar-refractivity contribution is 7.16. The molecule has 0 amide bonds. The molecule has 0 bridgehead atoms. The first-order valence-electron chi connectivity index (χ1n) is 5.14. The SMILES string of the molecule is CCOC(=O)C(O)c1cc2oc(=O)sc2cc1O. The second-order valence-electron chi connectivity index (χ2n) is 3.47. The normalized spacial score (nSPS) is 12.6. The fraction of sp³-hybridized carbons (Fsp3) is 0.273. The number of aromatic hydroxyl groups is 1. The van der Waals surface area contributed by atoms with Crippen LogP contribution in [0.1, 0.15) is 18.6 Å². The molecule has 0 fully saturated rings. The van der Waals surface area contributed by atoms with E-state index in [1.54, 1.807) is 6.92 Å². The molecule has 0 aliphatic rings. The first-order valence-corrected chi connectivity index (χ1v) is 5.96. The molecule has 0 aliphatic heterocycles. The number of benzene rings is 1. The highest BCUT2D eigenvalue weighted by Crippen LogP contribution is 2.31. The lowest BCUT2D eigenvalue weighted by molar-refractivity contribution is -0.153. The lowest BCUT2D eigenvalue weighted by Crippen LogP contribution is -2.15. The summed E-state index contributed by atoms with van der Waals surface area (Å²) in [6.07, 6.45) is -1.61. The van der Waals surface area contributed by atoms with Crippen molar-refractivity contribution >= 4 is 27.6 Å². The zero-order valence-electron chi connectivity index (χ0n) is 9.37. The van der Waals surface area contributed by atoms with Crippen LogP contribution in [-0.4, -0.2) is 22.8 Å². The van der Waals surface area contributed by atoms with Crippen molar-refractivity contribution in [3.05, 3.63) is 27.4 Å². The number of phenolic OH excluding ortho intramolecular Hbond substituents is 1. The lowest BCUT2D eigenvalue weighted by Gasteiger charge is -2.11. The van der Waals surface area contributed by atoms with E-state index in [0.717, 1.165) is 11.3 Å². The van der Waals surface area contributed by atoms with Crippen molar-refractivity contribution in [2.24, 2.45) is 0 Å². The Morgan fingerprint density at radius 3 is 2.94 bits per heavy atom. The van der Waals surface area contributed by atoms with Crippen molar-refractivity contribution in [1.82, 2.24) is 0 Å². The Balaban J connectivity index is 2.46. The Hall–Kier alpha value is -1.86. The lowest BCUT2D eigenvalue weighted by atomic mass is 10.1. The van der Waals surface area contributed by atoms with E-state index in [1.807, 2.05) is 0 Å². The highest BCUT2D eigenvalue weighted by Gasteiger charge is 2.23. The molecule has 0 saturated carbocycles. The maximum atomic E-state index is 11.4. The van der Waals surface area contributed by atoms with Gasteiger partial charge in [-0.05, 0) is 13.0 Å². The minimum Gasteiger partial charge on any atom is -0.507 e. The largest absolute Gasteiger partial charge is 0.507 e. The van der Waals surface area contributed by atoms with E-state index in [9.17, 15) is 19.8 Å². The second-order valence-corrected chi connectivity index (χ2v) is 4.44. The van der Waals surface area contributed by atoms with Gasteiger partial charge in [-0.1, -0.05) is 11.3 Å². The molecule has 7 heteroatoms. The van der Waals surface area contributed by atoms with Gasteiger partial charge in [0.1, 0.15) is 11.3 Å². The average Bonchev–Trinajstić information content (AvgIpc) is 2.66. The molecule has 96 valence electrons. The summed E-state index contributed by atoms with van der Waals surface area (Å²) in [5.41, 5.74) is 0.156. The minimum absolute atomic E-state index is 0.0532. The van der Waals surface area contributed by atoms with Crippen LogP contribution in [0.5, 0.6) is 5.75 Å². The van der Waals surface area contributed by atoms with E-state index in [2.05, 4.69) is 4.74 Å². The summed E-state index contributed by atoms with van der Waals surface area (Å²) < 4.78 is 9.92. The topological polar surface area (TPSA) is 97.0 Å². The molecule has 0 spiro atoms. The van der Waals surface area contributed by atoms with Crippen molar-refractivity contribution in [2.45, 2.75) is 13.0 Å². The predicted molar refractivity (Wildman–Crippen MR) is 63.6 cm³/mol. The van der Waals surface area contributed by atoms with Gasteiger partial charge < -0.3 is 19.4 Å². The van der Waals surface area contributed by atoms with Gasteiger partial charge in [0.05, 0.1) is 11.3 Å². The maximum Gasteiger partial charge on any atom is 0.396 e. The number of hydrogen-bond donors (Lipinski definition) is 2. The molecule has 1 aromatic heterocycles. The van der Waals surface area contributed by atoms with Crippen LogP contribution in [0, 0.1) is 0 Å². The van der Waals surface area contributed by atoms with E-state index in [4.69, 9.17) is 4.42 Å². The third-order valence-corrected chi connectivity index (χ3v) is 3.07. The van der Waals surface area contributed by atoms with Gasteiger partial charge in [-0.25, -0.2) is 9.59 Å². The number of aliphatic hydroxyl groups excluding tert-OH is 1. The summed E-state index contributed by atoms with van der Waals surface area (Å²) in [4.78, 5) is 21.9. The third kappa shape index (κ3) is 2.22. The zero-order valence-corrected chi connectivity index (χ0v) is 10.2. The van der Waals surface area contributed by atoms with E-state index in [0.29, 0.717) is 4.70 Å². The molecule has 2 rings (SSSR count). The number of hydrogen-bond acceptors (Lipinski definition) is 7. The monoisotopic (exact) mass is 270 g/mol. The Labute approximate surface area is 105 Å². The molecule has 2 N–H and O–H groups in total. The molecule has 18 heavy (non-hydrogen) atoms. The van der Waals surface area contributed by atoms with Crippen molar-refractivity contribution in [1.29, 1.82) is 0 Å². The molecule has 0 saturated heterocycles. The standard InChI is InChI=1S/C11H10O6S/c1-2-16-10(14)9(13)5-3-7-8(4-6(5)12)18-11(15)17-7/h3-4,9,12-13H,2H2,1H3. The summed E-state index contributed by atoms with van der Waals surface area (Å²) in [7, 11) is 0. The molecule has 1 unspecified atom stereocenters. The van der Waals surface area contributed by atoms with Crippen molar-refractivity contribution in [3.8, 4) is 5.75 Å². The zero-order chi connectivity index (χ0) is 13.3. The molecule has 2 aromatic rings. The van der Waals surface area contributed by atoms with Crippen molar-refractivity contribution < 1.29 is 24.2 Å². The molecule has 1 heterocycles. The number of esters is 1. The van der Waals surface area contributed by atoms with Crippen LogP contribution < -0.4 is 4.94 Å². The van der Waals surface area contributed by atoms with E-state index >= 15 is 0 Å². The van der Waals surface area contributed by atoms with Crippen LogP contribution in [0.25, 0.3) is 10.3 Å². The number of carbonyl (C=O) groups is 1. The van der Waals surface area contributed by atoms with Gasteiger partial charge >= 0.3 is 10.9 Å². The van der Waals surface area contributed by atoms with Crippen LogP contribution in [0.3, 0.4) is 0 Å². The Bertz CT molecular complexity index is 641. The number of aliphatic hydroxyl groups is 1. The van der Waals surface area contributed by atoms with E-state index in [1.165, 1.54) is 12.1 Å². The van der Waals surface area contributed by atoms with E-state index < -0.39 is 17.0 Å². The number of carbonyl (C=O) groups excluding carboxylic acids is 1. The summed E-state index contributed by atoms with van der Waals surface area (Å²) in [6, 6.07) is 2.52. The van der Waals surface area contributed by atoms with Crippen LogP contribution >= 0.6 is 11.3 Å². The number of fused-ring (bicyclic) bond motifs is 1. The first-order chi connectivity index (χ1) is 8.52. The number of ether oxygens (including phenoxy) is 1. The molecule has 0 aliphatic carbocycles. The first kappa shape index (κ1) is 12.6. The average molecular weight is 270 g/mol. The van der Waals surface area contributed by atoms with Crippen LogP contribution in [-0.2, 0) is 9.53 Å². The number of phenols is 1. The predicted octanol–water partition coefficient (Wildman–Crippen LogP) is 1.16. The Morgan fingerprint density at radius 2 is 2.28 bits per heavy atom. The van der Waals surface area contributed by atoms with Crippen molar-refractivity contribution in [2.75, 3.05) is 6.61 Å². The van der Waals surface area contributed by atoms with Gasteiger partial charge in [-0.2, -0.15) is 0 Å². The molecule has 6 nitrogen and oxygen atoms in total. The van der Waals surface area contributed by atoms with Crippen LogP contribution in [0.4, 0.5) is 0 Å². The summed E-state index contributed by atoms with van der Waals surface area (Å²) in [6.45, 7) is 1.72. The van der Waals surface area contributed by atoms with Gasteiger partial charge in [0, 0.05) is 11.6 Å². The van der Waals surface area contributed by atoms with Crippen molar-refractivity contribution in [3.63, 3.8) is 0 Å². The van der Waals surface area contributed by atoms with E-state index in [-0.39, 0.29) is 23.5 Å². The van der Waals surface area contributed by atoms with Gasteiger partial charge in [-0.3, -0.25) is 0 Å². The van der Waals surface area contributed by atoms with Gasteiger partial charge in [0.2, 0.25) is 0 Å². The molecule has 1 atom stereocenters. The molecule has 0 radical (unpaired) electrons. The second kappa shape index (κ2) is 4.79. The fourth-order valence-corrected chi connectivity index (χ4v) is 2.17. The fourth-order valence-electron chi connectivity index (χ4n) is 1.49. The quantitative estimate of drug-likeness (QED) is 0.812. The molecular weight excluding hydrogens is 260 g/mol. The third-order valence-electron chi connectivity index (χ3n) is 2.28.